The highest BCUT2D eigenvalue weighted by Crippen LogP contribution is 2.24. The molecule has 0 radical (unpaired) electrons. The van der Waals surface area contributed by atoms with Gasteiger partial charge in [0.2, 0.25) is 11.0 Å². The van der Waals surface area contributed by atoms with Gasteiger partial charge in [0.05, 0.1) is 0 Å². The van der Waals surface area contributed by atoms with Crippen LogP contribution in [0.2, 0.25) is 0 Å². The summed E-state index contributed by atoms with van der Waals surface area (Å²) >= 11 is 1.46. The van der Waals surface area contributed by atoms with E-state index in [9.17, 15) is 4.79 Å². The van der Waals surface area contributed by atoms with Crippen molar-refractivity contribution in [3.8, 4) is 0 Å². The minimum absolute atomic E-state index is 0.0412. The van der Waals surface area contributed by atoms with E-state index in [1.807, 2.05) is 13.8 Å². The molecule has 1 saturated heterocycles. The SMILES string of the molecule is CC(C)C(=O)NC1CCCN(c2nc(C(C)C)ns2)C1. The second-order valence-electron chi connectivity index (χ2n) is 6.04. The van der Waals surface area contributed by atoms with Gasteiger partial charge in [-0.2, -0.15) is 4.37 Å². The van der Waals surface area contributed by atoms with Crippen molar-refractivity contribution in [3.63, 3.8) is 0 Å². The van der Waals surface area contributed by atoms with Crippen molar-refractivity contribution >= 4 is 22.6 Å². The molecule has 112 valence electrons. The van der Waals surface area contributed by atoms with Gasteiger partial charge in [0, 0.05) is 42.5 Å². The number of anilines is 1. The molecule has 1 aromatic rings. The highest BCUT2D eigenvalue weighted by Gasteiger charge is 2.24. The smallest absolute Gasteiger partial charge is 0.222 e. The quantitative estimate of drug-likeness (QED) is 0.927. The summed E-state index contributed by atoms with van der Waals surface area (Å²) in [5.41, 5.74) is 0. The van der Waals surface area contributed by atoms with Gasteiger partial charge in [-0.1, -0.05) is 27.7 Å². The third-order valence-electron chi connectivity index (χ3n) is 3.51. The van der Waals surface area contributed by atoms with E-state index >= 15 is 0 Å². The normalized spacial score (nSPS) is 19.7. The van der Waals surface area contributed by atoms with Crippen molar-refractivity contribution in [2.24, 2.45) is 5.92 Å². The van der Waals surface area contributed by atoms with Gasteiger partial charge < -0.3 is 10.2 Å². The predicted octanol–water partition coefficient (Wildman–Crippen LogP) is 2.40. The Morgan fingerprint density at radius 3 is 2.75 bits per heavy atom. The summed E-state index contributed by atoms with van der Waals surface area (Å²) in [7, 11) is 0. The molecule has 20 heavy (non-hydrogen) atoms. The number of nitrogens with zero attached hydrogens (tertiary/aromatic N) is 3. The van der Waals surface area contributed by atoms with Crippen molar-refractivity contribution in [2.75, 3.05) is 18.0 Å². The fraction of sp³-hybridized carbons (Fsp3) is 0.786. The number of carbonyl (C=O) groups is 1. The minimum Gasteiger partial charge on any atom is -0.351 e. The molecule has 1 aromatic heterocycles. The van der Waals surface area contributed by atoms with Crippen LogP contribution in [-0.2, 0) is 4.79 Å². The zero-order chi connectivity index (χ0) is 14.7. The molecule has 1 aliphatic rings. The van der Waals surface area contributed by atoms with E-state index in [1.165, 1.54) is 11.5 Å². The maximum atomic E-state index is 11.8. The molecule has 0 aliphatic carbocycles. The number of hydrogen-bond acceptors (Lipinski definition) is 5. The summed E-state index contributed by atoms with van der Waals surface area (Å²) < 4.78 is 4.41. The van der Waals surface area contributed by atoms with Crippen molar-refractivity contribution in [1.29, 1.82) is 0 Å². The Labute approximate surface area is 124 Å². The van der Waals surface area contributed by atoms with E-state index in [4.69, 9.17) is 0 Å². The number of aromatic nitrogens is 2. The van der Waals surface area contributed by atoms with Crippen LogP contribution in [0.3, 0.4) is 0 Å². The first-order valence-corrected chi connectivity index (χ1v) is 8.13. The molecule has 1 aliphatic heterocycles. The van der Waals surface area contributed by atoms with Gasteiger partial charge in [0.25, 0.3) is 0 Å². The Morgan fingerprint density at radius 1 is 1.40 bits per heavy atom. The van der Waals surface area contributed by atoms with Crippen LogP contribution in [0.5, 0.6) is 0 Å². The molecule has 6 heteroatoms. The van der Waals surface area contributed by atoms with Crippen molar-refractivity contribution in [3.05, 3.63) is 5.82 Å². The van der Waals surface area contributed by atoms with Gasteiger partial charge in [0.1, 0.15) is 5.82 Å². The van der Waals surface area contributed by atoms with E-state index in [1.54, 1.807) is 0 Å². The monoisotopic (exact) mass is 296 g/mol. The number of nitrogens with one attached hydrogen (secondary N) is 1. The highest BCUT2D eigenvalue weighted by molar-refractivity contribution is 7.09. The van der Waals surface area contributed by atoms with Crippen LogP contribution in [0.25, 0.3) is 0 Å². The second-order valence-corrected chi connectivity index (χ2v) is 6.77. The van der Waals surface area contributed by atoms with Gasteiger partial charge in [-0.05, 0) is 12.8 Å². The van der Waals surface area contributed by atoms with E-state index in [0.717, 1.165) is 36.9 Å². The fourth-order valence-electron chi connectivity index (χ4n) is 2.23. The van der Waals surface area contributed by atoms with Gasteiger partial charge in [-0.25, -0.2) is 4.98 Å². The summed E-state index contributed by atoms with van der Waals surface area (Å²) in [5, 5.41) is 4.11. The van der Waals surface area contributed by atoms with Gasteiger partial charge in [0.15, 0.2) is 0 Å². The summed E-state index contributed by atoms with van der Waals surface area (Å²) in [5.74, 6) is 1.45. The van der Waals surface area contributed by atoms with Gasteiger partial charge >= 0.3 is 0 Å². The first kappa shape index (κ1) is 15.2. The number of amides is 1. The number of piperidine rings is 1. The lowest BCUT2D eigenvalue weighted by Crippen LogP contribution is -2.48. The van der Waals surface area contributed by atoms with Crippen LogP contribution in [0.1, 0.15) is 52.3 Å². The van der Waals surface area contributed by atoms with Crippen molar-refractivity contribution in [2.45, 2.75) is 52.5 Å². The molecule has 2 rings (SSSR count). The number of hydrogen-bond donors (Lipinski definition) is 1. The first-order valence-electron chi connectivity index (χ1n) is 7.36. The summed E-state index contributed by atoms with van der Waals surface area (Å²) in [6.07, 6.45) is 2.13. The largest absolute Gasteiger partial charge is 0.351 e. The Kier molecular flexibility index (Phi) is 4.96. The molecule has 1 atom stereocenters. The minimum atomic E-state index is 0.0412. The second kappa shape index (κ2) is 6.52. The first-order chi connectivity index (χ1) is 9.47. The average Bonchev–Trinajstić information content (AvgIpc) is 2.88. The van der Waals surface area contributed by atoms with Crippen LogP contribution >= 0.6 is 11.5 Å². The topological polar surface area (TPSA) is 58.1 Å². The Balaban J connectivity index is 1.97. The van der Waals surface area contributed by atoms with E-state index < -0.39 is 0 Å². The standard InChI is InChI=1S/C14H24N4OS/c1-9(2)12-16-14(20-17-12)18-7-5-6-11(8-18)15-13(19)10(3)4/h9-11H,5-8H2,1-4H3,(H,15,19). The predicted molar refractivity (Wildman–Crippen MR) is 82.2 cm³/mol. The summed E-state index contributed by atoms with van der Waals surface area (Å²) in [6.45, 7) is 9.90. The van der Waals surface area contributed by atoms with Gasteiger partial charge in [-0.15, -0.1) is 0 Å². The number of carbonyl (C=O) groups excluding carboxylic acids is 1. The van der Waals surface area contributed by atoms with Crippen LogP contribution < -0.4 is 10.2 Å². The summed E-state index contributed by atoms with van der Waals surface area (Å²) in [6, 6.07) is 0.227. The molecular formula is C14H24N4OS. The van der Waals surface area contributed by atoms with Crippen LogP contribution in [0, 0.1) is 5.92 Å². The van der Waals surface area contributed by atoms with E-state index in [0.29, 0.717) is 5.92 Å². The van der Waals surface area contributed by atoms with E-state index in [-0.39, 0.29) is 17.9 Å². The van der Waals surface area contributed by atoms with Crippen LogP contribution in [-0.4, -0.2) is 34.4 Å². The van der Waals surface area contributed by atoms with Crippen LogP contribution in [0.15, 0.2) is 0 Å². The molecule has 0 saturated carbocycles. The Morgan fingerprint density at radius 2 is 2.15 bits per heavy atom. The molecule has 1 amide bonds. The Bertz CT molecular complexity index is 458. The average molecular weight is 296 g/mol. The van der Waals surface area contributed by atoms with Crippen molar-refractivity contribution in [1.82, 2.24) is 14.7 Å². The zero-order valence-electron chi connectivity index (χ0n) is 12.7. The van der Waals surface area contributed by atoms with E-state index in [2.05, 4.69) is 33.4 Å². The lowest BCUT2D eigenvalue weighted by molar-refractivity contribution is -0.124. The molecule has 1 unspecified atom stereocenters. The molecular weight excluding hydrogens is 272 g/mol. The lowest BCUT2D eigenvalue weighted by Gasteiger charge is -2.33. The fourth-order valence-corrected chi connectivity index (χ4v) is 3.07. The molecule has 0 aromatic carbocycles. The molecule has 1 fully saturated rings. The van der Waals surface area contributed by atoms with Crippen LogP contribution in [0.4, 0.5) is 5.13 Å². The lowest BCUT2D eigenvalue weighted by atomic mass is 10.1. The maximum Gasteiger partial charge on any atom is 0.222 e. The third-order valence-corrected chi connectivity index (χ3v) is 4.30. The van der Waals surface area contributed by atoms with Crippen molar-refractivity contribution < 1.29 is 4.79 Å². The molecule has 5 nitrogen and oxygen atoms in total. The molecule has 1 N–H and O–H groups in total. The zero-order valence-corrected chi connectivity index (χ0v) is 13.5. The molecule has 0 bridgehead atoms. The third kappa shape index (κ3) is 3.69. The number of rotatable bonds is 4. The molecule has 0 spiro atoms. The van der Waals surface area contributed by atoms with Gasteiger partial charge in [-0.3, -0.25) is 4.79 Å². The summed E-state index contributed by atoms with van der Waals surface area (Å²) in [4.78, 5) is 18.6. The molecule has 2 heterocycles. The maximum absolute atomic E-state index is 11.8. The Hall–Kier alpha value is -1.17. The highest BCUT2D eigenvalue weighted by atomic mass is 32.1.